The molecule has 1 aliphatic heterocycles. The fourth-order valence-corrected chi connectivity index (χ4v) is 3.06. The van der Waals surface area contributed by atoms with Crippen molar-refractivity contribution in [2.24, 2.45) is 0 Å². The van der Waals surface area contributed by atoms with Crippen molar-refractivity contribution < 1.29 is 18.7 Å². The highest BCUT2D eigenvalue weighted by Gasteiger charge is 2.17. The van der Waals surface area contributed by atoms with Crippen molar-refractivity contribution >= 4 is 40.2 Å². The predicted molar refractivity (Wildman–Crippen MR) is 107 cm³/mol. The molecule has 0 radical (unpaired) electrons. The second-order valence-electron chi connectivity index (χ2n) is 6.01. The van der Waals surface area contributed by atoms with Crippen LogP contribution < -0.4 is 20.4 Å². The van der Waals surface area contributed by atoms with Crippen molar-refractivity contribution in [3.05, 3.63) is 81.4 Å². The number of halogens is 1. The number of amides is 1. The van der Waals surface area contributed by atoms with Gasteiger partial charge in [0.1, 0.15) is 5.58 Å². The zero-order valence-corrected chi connectivity index (χ0v) is 15.4. The van der Waals surface area contributed by atoms with Crippen LogP contribution in [0.25, 0.3) is 17.0 Å². The smallest absolute Gasteiger partial charge is 0.336 e. The lowest BCUT2D eigenvalue weighted by atomic mass is 10.1. The molecule has 0 fully saturated rings. The van der Waals surface area contributed by atoms with Crippen molar-refractivity contribution in [2.75, 3.05) is 12.4 Å². The summed E-state index contributed by atoms with van der Waals surface area (Å²) in [6.45, 7) is 0. The average Bonchev–Trinajstić information content (AvgIpc) is 2.89. The molecule has 7 heteroatoms. The summed E-state index contributed by atoms with van der Waals surface area (Å²) in [6, 6.07) is 11.4. The Kier molecular flexibility index (Phi) is 4.63. The standard InChI is InChI=1S/C21H14ClNO5/c1-26-18-10-15(22)9-14-8-13(6-7-27-20(14)18)21(25)23-16-4-2-12-3-5-19(24)28-17(12)11-16/h2-11H,1H3,(H,23,25). The maximum atomic E-state index is 12.7. The first kappa shape index (κ1) is 17.9. The van der Waals surface area contributed by atoms with Crippen molar-refractivity contribution in [1.82, 2.24) is 0 Å². The molecule has 28 heavy (non-hydrogen) atoms. The van der Waals surface area contributed by atoms with Gasteiger partial charge >= 0.3 is 5.63 Å². The van der Waals surface area contributed by atoms with Gasteiger partial charge in [-0.15, -0.1) is 0 Å². The Morgan fingerprint density at radius 3 is 2.79 bits per heavy atom. The summed E-state index contributed by atoms with van der Waals surface area (Å²) >= 11 is 6.12. The lowest BCUT2D eigenvalue weighted by Crippen LogP contribution is -2.13. The third kappa shape index (κ3) is 3.50. The van der Waals surface area contributed by atoms with Gasteiger partial charge in [-0.2, -0.15) is 0 Å². The van der Waals surface area contributed by atoms with Crippen LogP contribution in [0, 0.1) is 0 Å². The largest absolute Gasteiger partial charge is 0.493 e. The Morgan fingerprint density at radius 2 is 1.96 bits per heavy atom. The van der Waals surface area contributed by atoms with Gasteiger partial charge in [-0.1, -0.05) is 11.6 Å². The highest BCUT2D eigenvalue weighted by Crippen LogP contribution is 2.37. The number of benzene rings is 2. The lowest BCUT2D eigenvalue weighted by molar-refractivity contribution is -0.112. The minimum Gasteiger partial charge on any atom is -0.493 e. The predicted octanol–water partition coefficient (Wildman–Crippen LogP) is 4.38. The first-order chi connectivity index (χ1) is 13.5. The van der Waals surface area contributed by atoms with E-state index in [1.807, 2.05) is 0 Å². The van der Waals surface area contributed by atoms with Crippen LogP contribution in [-0.2, 0) is 4.79 Å². The molecule has 1 aromatic heterocycles. The number of hydrogen-bond donors (Lipinski definition) is 1. The summed E-state index contributed by atoms with van der Waals surface area (Å²) < 4.78 is 16.0. The van der Waals surface area contributed by atoms with Gasteiger partial charge in [0.15, 0.2) is 11.5 Å². The Hall–Kier alpha value is -3.51. The second kappa shape index (κ2) is 7.25. The van der Waals surface area contributed by atoms with E-state index >= 15 is 0 Å². The fraction of sp³-hybridized carbons (Fsp3) is 0.0476. The van der Waals surface area contributed by atoms with Gasteiger partial charge in [0.25, 0.3) is 5.91 Å². The first-order valence-electron chi connectivity index (χ1n) is 8.31. The molecule has 1 aliphatic rings. The summed E-state index contributed by atoms with van der Waals surface area (Å²) in [5, 5.41) is 4.00. The second-order valence-corrected chi connectivity index (χ2v) is 6.44. The van der Waals surface area contributed by atoms with E-state index in [-0.39, 0.29) is 5.91 Å². The van der Waals surface area contributed by atoms with Gasteiger partial charge in [0.05, 0.1) is 13.4 Å². The Bertz CT molecular complexity index is 1210. The first-order valence-corrected chi connectivity index (χ1v) is 8.69. The molecule has 3 aromatic rings. The van der Waals surface area contributed by atoms with Crippen molar-refractivity contribution in [1.29, 1.82) is 0 Å². The Balaban J connectivity index is 1.66. The zero-order chi connectivity index (χ0) is 19.7. The molecule has 6 nitrogen and oxygen atoms in total. The quantitative estimate of drug-likeness (QED) is 0.666. The third-order valence-corrected chi connectivity index (χ3v) is 4.37. The molecular formula is C21H14ClNO5. The number of fused-ring (bicyclic) bond motifs is 2. The topological polar surface area (TPSA) is 77.8 Å². The number of carbonyl (C=O) groups excluding carboxylic acids is 1. The van der Waals surface area contributed by atoms with Crippen LogP contribution in [0.1, 0.15) is 5.56 Å². The Labute approximate surface area is 164 Å². The molecule has 0 saturated carbocycles. The summed E-state index contributed by atoms with van der Waals surface area (Å²) in [4.78, 5) is 24.1. The summed E-state index contributed by atoms with van der Waals surface area (Å²) in [6.07, 6.45) is 4.61. The maximum absolute atomic E-state index is 12.7. The van der Waals surface area contributed by atoms with Gasteiger partial charge in [-0.25, -0.2) is 4.79 Å². The summed E-state index contributed by atoms with van der Waals surface area (Å²) in [7, 11) is 1.51. The van der Waals surface area contributed by atoms with E-state index in [1.54, 1.807) is 48.6 Å². The van der Waals surface area contributed by atoms with Crippen LogP contribution in [0.4, 0.5) is 5.69 Å². The van der Waals surface area contributed by atoms with Gasteiger partial charge in [0.2, 0.25) is 0 Å². The van der Waals surface area contributed by atoms with E-state index in [9.17, 15) is 9.59 Å². The normalized spacial score (nSPS) is 12.6. The van der Waals surface area contributed by atoms with Crippen LogP contribution in [-0.4, -0.2) is 13.0 Å². The molecule has 4 rings (SSSR count). The molecule has 2 aromatic carbocycles. The Morgan fingerprint density at radius 1 is 1.14 bits per heavy atom. The number of carbonyl (C=O) groups is 1. The van der Waals surface area contributed by atoms with E-state index in [4.69, 9.17) is 25.5 Å². The lowest BCUT2D eigenvalue weighted by Gasteiger charge is -2.10. The number of methoxy groups -OCH3 is 1. The number of rotatable bonds is 3. The van der Waals surface area contributed by atoms with Crippen LogP contribution >= 0.6 is 11.6 Å². The van der Waals surface area contributed by atoms with Crippen molar-refractivity contribution in [3.8, 4) is 11.5 Å². The van der Waals surface area contributed by atoms with Crippen LogP contribution in [0.3, 0.4) is 0 Å². The zero-order valence-electron chi connectivity index (χ0n) is 14.7. The third-order valence-electron chi connectivity index (χ3n) is 4.16. The van der Waals surface area contributed by atoms with E-state index < -0.39 is 5.63 Å². The van der Waals surface area contributed by atoms with Crippen LogP contribution in [0.5, 0.6) is 11.5 Å². The molecule has 0 unspecified atom stereocenters. The molecule has 140 valence electrons. The monoisotopic (exact) mass is 395 g/mol. The number of hydrogen-bond acceptors (Lipinski definition) is 5. The molecule has 2 heterocycles. The van der Waals surface area contributed by atoms with Crippen LogP contribution in [0.15, 0.2) is 69.6 Å². The molecule has 0 spiro atoms. The molecule has 0 atom stereocenters. The van der Waals surface area contributed by atoms with E-state index in [0.29, 0.717) is 38.9 Å². The number of ether oxygens (including phenoxy) is 2. The summed E-state index contributed by atoms with van der Waals surface area (Å²) in [5.41, 5.74) is 1.41. The molecule has 0 aliphatic carbocycles. The molecule has 1 amide bonds. The van der Waals surface area contributed by atoms with Gasteiger partial charge < -0.3 is 19.2 Å². The van der Waals surface area contributed by atoms with E-state index in [1.165, 1.54) is 19.4 Å². The highest BCUT2D eigenvalue weighted by atomic mass is 35.5. The average molecular weight is 396 g/mol. The number of anilines is 1. The van der Waals surface area contributed by atoms with Gasteiger partial charge in [0, 0.05) is 45.4 Å². The highest BCUT2D eigenvalue weighted by molar-refractivity contribution is 6.31. The molecule has 0 saturated heterocycles. The van der Waals surface area contributed by atoms with Crippen LogP contribution in [0.2, 0.25) is 5.02 Å². The molecule has 0 bridgehead atoms. The van der Waals surface area contributed by atoms with E-state index in [0.717, 1.165) is 5.39 Å². The maximum Gasteiger partial charge on any atom is 0.336 e. The summed E-state index contributed by atoms with van der Waals surface area (Å²) in [5.74, 6) is 0.581. The number of nitrogens with one attached hydrogen (secondary N) is 1. The van der Waals surface area contributed by atoms with E-state index in [2.05, 4.69) is 5.32 Å². The fourth-order valence-electron chi connectivity index (χ4n) is 2.85. The SMILES string of the molecule is COc1cc(Cl)cc2c1OC=CC(C(=O)Nc1ccc3ccc(=O)oc3c1)=C2. The minimum atomic E-state index is -0.454. The van der Waals surface area contributed by atoms with Crippen molar-refractivity contribution in [2.45, 2.75) is 0 Å². The van der Waals surface area contributed by atoms with Gasteiger partial charge in [-0.3, -0.25) is 4.79 Å². The molecular weight excluding hydrogens is 382 g/mol. The van der Waals surface area contributed by atoms with Gasteiger partial charge in [-0.05, 0) is 36.4 Å². The molecule has 1 N–H and O–H groups in total. The minimum absolute atomic E-state index is 0.357. The van der Waals surface area contributed by atoms with Crippen molar-refractivity contribution in [3.63, 3.8) is 0 Å².